The number of hydrogen-bond donors (Lipinski definition) is 1. The summed E-state index contributed by atoms with van der Waals surface area (Å²) in [5.74, 6) is 0.764. The highest BCUT2D eigenvalue weighted by Gasteiger charge is 2.32. The van der Waals surface area contributed by atoms with E-state index in [-0.39, 0.29) is 18.1 Å². The lowest BCUT2D eigenvalue weighted by Gasteiger charge is -2.33. The van der Waals surface area contributed by atoms with Crippen LogP contribution in [0.2, 0.25) is 0 Å². The normalized spacial score (nSPS) is 13.9. The molecular formula is C36H45N4O5S+. The summed E-state index contributed by atoms with van der Waals surface area (Å²) >= 11 is 0. The van der Waals surface area contributed by atoms with Crippen LogP contribution in [-0.4, -0.2) is 51.0 Å². The van der Waals surface area contributed by atoms with Crippen molar-refractivity contribution < 1.29 is 22.2 Å². The molecule has 0 atom stereocenters. The molecule has 0 spiro atoms. The van der Waals surface area contributed by atoms with Gasteiger partial charge in [0.1, 0.15) is 42.6 Å². The highest BCUT2D eigenvalue weighted by Crippen LogP contribution is 2.28. The number of anilines is 1. The minimum Gasteiger partial charge on any atom is -0.491 e. The van der Waals surface area contributed by atoms with Gasteiger partial charge >= 0.3 is 5.56 Å². The number of hydrogen-bond acceptors (Lipinski definition) is 7. The molecule has 46 heavy (non-hydrogen) atoms. The fraction of sp³-hybridized carbons (Fsp3) is 0.389. The van der Waals surface area contributed by atoms with Gasteiger partial charge in [0.2, 0.25) is 5.75 Å². The highest BCUT2D eigenvalue weighted by molar-refractivity contribution is 7.84. The van der Waals surface area contributed by atoms with Crippen LogP contribution in [0.3, 0.4) is 0 Å². The first-order valence-corrected chi connectivity index (χ1v) is 18.0. The largest absolute Gasteiger partial charge is 0.491 e. The van der Waals surface area contributed by atoms with E-state index in [9.17, 15) is 13.2 Å². The number of sulfonamides is 1. The van der Waals surface area contributed by atoms with E-state index in [0.717, 1.165) is 24.0 Å². The fourth-order valence-electron chi connectivity index (χ4n) is 5.71. The summed E-state index contributed by atoms with van der Waals surface area (Å²) in [5.41, 5.74) is 2.42. The van der Waals surface area contributed by atoms with Crippen molar-refractivity contribution in [2.75, 3.05) is 37.7 Å². The zero-order chi connectivity index (χ0) is 32.2. The molecule has 1 fully saturated rings. The van der Waals surface area contributed by atoms with Gasteiger partial charge < -0.3 is 14.4 Å². The first-order chi connectivity index (χ1) is 22.5. The summed E-state index contributed by atoms with van der Waals surface area (Å²) in [6.45, 7) is 4.62. The summed E-state index contributed by atoms with van der Waals surface area (Å²) in [7, 11) is -3.41. The Labute approximate surface area is 272 Å². The van der Waals surface area contributed by atoms with Crippen LogP contribution in [0.5, 0.6) is 11.5 Å². The van der Waals surface area contributed by atoms with E-state index < -0.39 is 15.6 Å². The van der Waals surface area contributed by atoms with Crippen LogP contribution in [0, 0.1) is 0 Å². The molecule has 1 saturated heterocycles. The molecule has 0 bridgehead atoms. The van der Waals surface area contributed by atoms with Crippen LogP contribution >= 0.6 is 0 Å². The Morgan fingerprint density at radius 2 is 1.39 bits per heavy atom. The van der Waals surface area contributed by atoms with Crippen molar-refractivity contribution in [1.82, 2.24) is 9.78 Å². The van der Waals surface area contributed by atoms with E-state index in [1.54, 1.807) is 6.20 Å². The van der Waals surface area contributed by atoms with Crippen molar-refractivity contribution in [3.05, 3.63) is 113 Å². The SMILES string of the molecule is CCCCCCCCOc1ccccc1-n1ncc(N2CC[NH+](S(=O)(=O)Cc3ccccc3)CC2)c(OCc2ccccc2)c1=O. The zero-order valence-corrected chi connectivity index (χ0v) is 27.5. The number of rotatable bonds is 16. The van der Waals surface area contributed by atoms with Gasteiger partial charge in [0.05, 0.1) is 25.9 Å². The Morgan fingerprint density at radius 1 is 0.761 bits per heavy atom. The first-order valence-electron chi connectivity index (χ1n) is 16.3. The van der Waals surface area contributed by atoms with Gasteiger partial charge in [0, 0.05) is 0 Å². The van der Waals surface area contributed by atoms with E-state index in [0.29, 0.717) is 54.2 Å². The van der Waals surface area contributed by atoms with E-state index in [4.69, 9.17) is 9.47 Å². The minimum absolute atomic E-state index is 0.00739. The zero-order valence-electron chi connectivity index (χ0n) is 26.6. The lowest BCUT2D eigenvalue weighted by molar-refractivity contribution is -0.768. The van der Waals surface area contributed by atoms with Crippen LogP contribution in [0.1, 0.15) is 56.6 Å². The fourth-order valence-corrected chi connectivity index (χ4v) is 7.35. The Bertz CT molecular complexity index is 1690. The van der Waals surface area contributed by atoms with Crippen LogP contribution in [0.15, 0.2) is 95.9 Å². The topological polar surface area (TPSA) is 95.2 Å². The predicted molar refractivity (Wildman–Crippen MR) is 181 cm³/mol. The van der Waals surface area contributed by atoms with Crippen LogP contribution in [0.4, 0.5) is 5.69 Å². The molecule has 3 aromatic carbocycles. The second-order valence-corrected chi connectivity index (χ2v) is 13.8. The summed E-state index contributed by atoms with van der Waals surface area (Å²) in [6.07, 6.45) is 8.61. The molecule has 2 heterocycles. The molecular weight excluding hydrogens is 600 g/mol. The number of nitrogens with zero attached hydrogens (tertiary/aromatic N) is 3. The third kappa shape index (κ3) is 8.76. The first kappa shape index (κ1) is 33.2. The maximum atomic E-state index is 14.1. The van der Waals surface area contributed by atoms with Gasteiger partial charge in [-0.2, -0.15) is 18.2 Å². The van der Waals surface area contributed by atoms with Crippen molar-refractivity contribution in [2.24, 2.45) is 0 Å². The molecule has 244 valence electrons. The monoisotopic (exact) mass is 645 g/mol. The van der Waals surface area contributed by atoms with E-state index >= 15 is 0 Å². The third-order valence-electron chi connectivity index (χ3n) is 8.29. The van der Waals surface area contributed by atoms with Gasteiger partial charge in [0.15, 0.2) is 0 Å². The van der Waals surface area contributed by atoms with Crippen molar-refractivity contribution in [1.29, 1.82) is 0 Å². The van der Waals surface area contributed by atoms with Crippen molar-refractivity contribution >= 4 is 15.7 Å². The second-order valence-electron chi connectivity index (χ2n) is 11.7. The molecule has 5 rings (SSSR count). The Morgan fingerprint density at radius 3 is 2.11 bits per heavy atom. The Balaban J connectivity index is 1.35. The van der Waals surface area contributed by atoms with Crippen LogP contribution < -0.4 is 24.2 Å². The van der Waals surface area contributed by atoms with Crippen molar-refractivity contribution in [2.45, 2.75) is 57.8 Å². The quantitative estimate of drug-likeness (QED) is 0.175. The van der Waals surface area contributed by atoms with E-state index in [1.165, 1.54) is 30.4 Å². The van der Waals surface area contributed by atoms with Crippen molar-refractivity contribution in [3.63, 3.8) is 0 Å². The highest BCUT2D eigenvalue weighted by atomic mass is 32.2. The molecule has 9 nitrogen and oxygen atoms in total. The molecule has 10 heteroatoms. The molecule has 0 saturated carbocycles. The number of aromatic nitrogens is 2. The summed E-state index contributed by atoms with van der Waals surface area (Å²) < 4.78 is 40.7. The molecule has 0 radical (unpaired) electrons. The summed E-state index contributed by atoms with van der Waals surface area (Å²) in [5, 5.41) is 4.58. The number of quaternary nitrogens is 1. The van der Waals surface area contributed by atoms with Crippen molar-refractivity contribution in [3.8, 4) is 17.2 Å². The van der Waals surface area contributed by atoms with Gasteiger partial charge in [-0.25, -0.2) is 4.31 Å². The lowest BCUT2D eigenvalue weighted by Crippen LogP contribution is -3.16. The van der Waals surface area contributed by atoms with E-state index in [1.807, 2.05) is 89.8 Å². The summed E-state index contributed by atoms with van der Waals surface area (Å²) in [6, 6.07) is 26.4. The predicted octanol–water partition coefficient (Wildman–Crippen LogP) is 4.79. The molecule has 1 aromatic heterocycles. The van der Waals surface area contributed by atoms with Gasteiger partial charge in [-0.1, -0.05) is 112 Å². The lowest BCUT2D eigenvalue weighted by atomic mass is 10.1. The summed E-state index contributed by atoms with van der Waals surface area (Å²) in [4.78, 5) is 16.1. The number of unbranched alkanes of at least 4 members (excludes halogenated alkanes) is 5. The molecule has 1 aliphatic heterocycles. The van der Waals surface area contributed by atoms with Gasteiger partial charge in [0.25, 0.3) is 10.0 Å². The van der Waals surface area contributed by atoms with E-state index in [2.05, 4.69) is 12.0 Å². The Hall–Kier alpha value is -4.15. The molecule has 4 aromatic rings. The number of piperazine rings is 1. The molecule has 1 N–H and O–H groups in total. The standard InChI is InChI=1S/C36H44N4O5S/c1-2-3-4-5-6-15-26-44-34-21-14-13-20-32(34)40-36(41)35(45-28-30-16-9-7-10-17-30)33(27-37-40)38-22-24-39(25-23-38)46(42,43)29-31-18-11-8-12-19-31/h7-14,16-21,27H,2-6,15,22-26,28-29H2,1H3/p+1. The average Bonchev–Trinajstić information content (AvgIpc) is 3.08. The van der Waals surface area contributed by atoms with Crippen LogP contribution in [-0.2, 0) is 22.4 Å². The number of ether oxygens (including phenoxy) is 2. The van der Waals surface area contributed by atoms with Gasteiger partial charge in [-0.05, 0) is 29.7 Å². The maximum Gasteiger partial charge on any atom is 0.316 e. The smallest absolute Gasteiger partial charge is 0.316 e. The van der Waals surface area contributed by atoms with Gasteiger partial charge in [-0.15, -0.1) is 0 Å². The minimum atomic E-state index is -3.41. The Kier molecular flexibility index (Phi) is 11.9. The molecule has 0 amide bonds. The third-order valence-corrected chi connectivity index (χ3v) is 10.3. The number of nitrogens with one attached hydrogen (secondary N) is 1. The average molecular weight is 646 g/mol. The second kappa shape index (κ2) is 16.4. The molecule has 0 aliphatic carbocycles. The number of para-hydroxylation sites is 2. The van der Waals surface area contributed by atoms with Gasteiger partial charge in [-0.3, -0.25) is 4.79 Å². The maximum absolute atomic E-state index is 14.1. The molecule has 1 aliphatic rings. The molecule has 0 unspecified atom stereocenters. The van der Waals surface area contributed by atoms with Crippen LogP contribution in [0.25, 0.3) is 5.69 Å². The number of benzene rings is 3.